The molecule has 5 nitrogen and oxygen atoms in total. The van der Waals surface area contributed by atoms with Crippen LogP contribution in [0.5, 0.6) is 5.75 Å². The molecule has 0 spiro atoms. The lowest BCUT2D eigenvalue weighted by Crippen LogP contribution is -1.99. The van der Waals surface area contributed by atoms with Crippen LogP contribution in [-0.2, 0) is 0 Å². The van der Waals surface area contributed by atoms with E-state index >= 15 is 0 Å². The third-order valence-electron chi connectivity index (χ3n) is 2.95. The van der Waals surface area contributed by atoms with Crippen LogP contribution in [0.4, 0.5) is 16.6 Å². The van der Waals surface area contributed by atoms with Gasteiger partial charge in [-0.1, -0.05) is 11.3 Å². The number of nitrogen functional groups attached to an aromatic ring is 1. The van der Waals surface area contributed by atoms with E-state index < -0.39 is 0 Å². The zero-order valence-corrected chi connectivity index (χ0v) is 12.7. The Morgan fingerprint density at radius 2 is 2.19 bits per heavy atom. The van der Waals surface area contributed by atoms with Gasteiger partial charge < -0.3 is 15.8 Å². The van der Waals surface area contributed by atoms with Gasteiger partial charge in [0.05, 0.1) is 22.5 Å². The van der Waals surface area contributed by atoms with E-state index in [4.69, 9.17) is 10.5 Å². The Balaban J connectivity index is 1.90. The molecule has 3 aromatic rings. The lowest BCUT2D eigenvalue weighted by molar-refractivity contribution is 0.341. The van der Waals surface area contributed by atoms with E-state index in [0.29, 0.717) is 18.1 Å². The Kier molecular flexibility index (Phi) is 3.62. The zero-order chi connectivity index (χ0) is 14.8. The number of hydrogen-bond acceptors (Lipinski definition) is 6. The molecule has 2 heterocycles. The quantitative estimate of drug-likeness (QED) is 0.768. The summed E-state index contributed by atoms with van der Waals surface area (Å²) in [6, 6.07) is 7.76. The van der Waals surface area contributed by atoms with E-state index in [9.17, 15) is 0 Å². The minimum absolute atomic E-state index is 0.615. The molecule has 0 radical (unpaired) electrons. The van der Waals surface area contributed by atoms with E-state index in [-0.39, 0.29) is 0 Å². The minimum Gasteiger partial charge on any atom is -0.494 e. The van der Waals surface area contributed by atoms with Crippen LogP contribution in [0.3, 0.4) is 0 Å². The minimum atomic E-state index is 0.615. The van der Waals surface area contributed by atoms with Gasteiger partial charge in [-0.05, 0) is 43.7 Å². The van der Waals surface area contributed by atoms with Crippen LogP contribution in [0, 0.1) is 6.92 Å². The summed E-state index contributed by atoms with van der Waals surface area (Å²) in [5, 5.41) is 3.94. The molecule has 0 saturated carbocycles. The molecule has 0 amide bonds. The van der Waals surface area contributed by atoms with Crippen LogP contribution < -0.4 is 15.8 Å². The van der Waals surface area contributed by atoms with Gasteiger partial charge in [0.1, 0.15) is 5.75 Å². The molecule has 2 aromatic heterocycles. The number of thiazole rings is 1. The van der Waals surface area contributed by atoms with Crippen molar-refractivity contribution in [2.24, 2.45) is 0 Å². The third kappa shape index (κ3) is 2.90. The first kappa shape index (κ1) is 13.6. The summed E-state index contributed by atoms with van der Waals surface area (Å²) in [5.74, 6) is 1.48. The molecule has 6 heteroatoms. The van der Waals surface area contributed by atoms with Crippen molar-refractivity contribution in [3.05, 3.63) is 36.0 Å². The highest BCUT2D eigenvalue weighted by Crippen LogP contribution is 2.31. The molecule has 0 aliphatic heterocycles. The van der Waals surface area contributed by atoms with Gasteiger partial charge in [-0.25, -0.2) is 9.97 Å². The largest absolute Gasteiger partial charge is 0.494 e. The number of nitrogens with zero attached hydrogens (tertiary/aromatic N) is 2. The predicted octanol–water partition coefficient (Wildman–Crippen LogP) is 3.72. The first-order chi connectivity index (χ1) is 10.2. The Morgan fingerprint density at radius 3 is 2.95 bits per heavy atom. The molecule has 0 fully saturated rings. The van der Waals surface area contributed by atoms with Crippen molar-refractivity contribution in [2.75, 3.05) is 17.7 Å². The molecule has 0 bridgehead atoms. The molecule has 108 valence electrons. The highest BCUT2D eigenvalue weighted by molar-refractivity contribution is 7.22. The van der Waals surface area contributed by atoms with Gasteiger partial charge in [0.25, 0.3) is 0 Å². The summed E-state index contributed by atoms with van der Waals surface area (Å²) >= 11 is 1.55. The molecule has 0 aliphatic rings. The third-order valence-corrected chi connectivity index (χ3v) is 3.88. The number of benzene rings is 1. The fourth-order valence-corrected chi connectivity index (χ4v) is 2.91. The van der Waals surface area contributed by atoms with Crippen molar-refractivity contribution >= 4 is 38.2 Å². The summed E-state index contributed by atoms with van der Waals surface area (Å²) in [5.41, 5.74) is 8.53. The second-order valence-corrected chi connectivity index (χ2v) is 5.69. The summed E-state index contributed by atoms with van der Waals surface area (Å²) in [6.07, 6.45) is 1.78. The summed E-state index contributed by atoms with van der Waals surface area (Å²) in [4.78, 5) is 8.83. The van der Waals surface area contributed by atoms with Gasteiger partial charge in [-0.3, -0.25) is 0 Å². The van der Waals surface area contributed by atoms with Gasteiger partial charge in [0, 0.05) is 6.20 Å². The van der Waals surface area contributed by atoms with Crippen LogP contribution in [0.25, 0.3) is 10.2 Å². The summed E-state index contributed by atoms with van der Waals surface area (Å²) < 4.78 is 6.56. The second-order valence-electron chi connectivity index (χ2n) is 4.66. The molecule has 0 saturated heterocycles. The molecular formula is C15H16N4OS. The number of fused-ring (bicyclic) bond motifs is 1. The SMILES string of the molecule is CCOc1ccc2nc(Nc3ncc(C)cc3N)sc2c1. The van der Waals surface area contributed by atoms with Crippen LogP contribution in [-0.4, -0.2) is 16.6 Å². The Bertz CT molecular complexity index is 784. The van der Waals surface area contributed by atoms with Crippen molar-refractivity contribution in [2.45, 2.75) is 13.8 Å². The lowest BCUT2D eigenvalue weighted by Gasteiger charge is -2.05. The average Bonchev–Trinajstić information content (AvgIpc) is 2.84. The van der Waals surface area contributed by atoms with E-state index in [1.54, 1.807) is 17.5 Å². The van der Waals surface area contributed by atoms with Crippen LogP contribution >= 0.6 is 11.3 Å². The zero-order valence-electron chi connectivity index (χ0n) is 11.9. The number of nitrogens with two attached hydrogens (primary N) is 1. The standard InChI is InChI=1S/C15H16N4OS/c1-3-20-10-4-5-12-13(7-10)21-15(18-12)19-14-11(16)6-9(2)8-17-14/h4-8H,3,16H2,1-2H3,(H,17,18,19). The number of rotatable bonds is 4. The van der Waals surface area contributed by atoms with Gasteiger partial charge >= 0.3 is 0 Å². The first-order valence-electron chi connectivity index (χ1n) is 6.68. The van der Waals surface area contributed by atoms with E-state index in [2.05, 4.69) is 15.3 Å². The summed E-state index contributed by atoms with van der Waals surface area (Å²) in [7, 11) is 0. The van der Waals surface area contributed by atoms with Crippen LogP contribution in [0.15, 0.2) is 30.5 Å². The number of ether oxygens (including phenoxy) is 1. The molecule has 3 N–H and O–H groups in total. The van der Waals surface area contributed by atoms with Crippen molar-refractivity contribution in [3.63, 3.8) is 0 Å². The fraction of sp³-hybridized carbons (Fsp3) is 0.200. The van der Waals surface area contributed by atoms with Gasteiger partial charge in [-0.2, -0.15) is 0 Å². The molecule has 0 unspecified atom stereocenters. The number of anilines is 3. The Hall–Kier alpha value is -2.34. The summed E-state index contributed by atoms with van der Waals surface area (Å²) in [6.45, 7) is 4.58. The van der Waals surface area contributed by atoms with Gasteiger partial charge in [-0.15, -0.1) is 0 Å². The normalized spacial score (nSPS) is 10.8. The van der Waals surface area contributed by atoms with E-state index in [1.165, 1.54) is 0 Å². The molecule has 0 aliphatic carbocycles. The van der Waals surface area contributed by atoms with Crippen LogP contribution in [0.2, 0.25) is 0 Å². The first-order valence-corrected chi connectivity index (χ1v) is 7.50. The topological polar surface area (TPSA) is 73.1 Å². The van der Waals surface area contributed by atoms with Gasteiger partial charge in [0.2, 0.25) is 0 Å². The predicted molar refractivity (Wildman–Crippen MR) is 87.5 cm³/mol. The Labute approximate surface area is 126 Å². The lowest BCUT2D eigenvalue weighted by atomic mass is 10.3. The highest BCUT2D eigenvalue weighted by Gasteiger charge is 2.08. The van der Waals surface area contributed by atoms with Crippen molar-refractivity contribution in [1.82, 2.24) is 9.97 Å². The molecule has 1 aromatic carbocycles. The van der Waals surface area contributed by atoms with Crippen LogP contribution in [0.1, 0.15) is 12.5 Å². The number of aromatic nitrogens is 2. The highest BCUT2D eigenvalue weighted by atomic mass is 32.1. The molecule has 21 heavy (non-hydrogen) atoms. The maximum atomic E-state index is 5.96. The van der Waals surface area contributed by atoms with E-state index in [0.717, 1.165) is 26.7 Å². The Morgan fingerprint density at radius 1 is 1.33 bits per heavy atom. The monoisotopic (exact) mass is 300 g/mol. The molecule has 0 atom stereocenters. The van der Waals surface area contributed by atoms with Crippen molar-refractivity contribution in [3.8, 4) is 5.75 Å². The fourth-order valence-electron chi connectivity index (χ4n) is 2.01. The average molecular weight is 300 g/mol. The maximum Gasteiger partial charge on any atom is 0.189 e. The second kappa shape index (κ2) is 5.57. The van der Waals surface area contributed by atoms with Crippen molar-refractivity contribution < 1.29 is 4.74 Å². The number of hydrogen-bond donors (Lipinski definition) is 2. The smallest absolute Gasteiger partial charge is 0.189 e. The molecular weight excluding hydrogens is 284 g/mol. The number of pyridine rings is 1. The number of aryl methyl sites for hydroxylation is 1. The van der Waals surface area contributed by atoms with Crippen molar-refractivity contribution in [1.29, 1.82) is 0 Å². The molecule has 3 rings (SSSR count). The maximum absolute atomic E-state index is 5.96. The van der Waals surface area contributed by atoms with E-state index in [1.807, 2.05) is 38.1 Å². The van der Waals surface area contributed by atoms with Gasteiger partial charge in [0.15, 0.2) is 10.9 Å². The number of nitrogens with one attached hydrogen (secondary N) is 1.